The van der Waals surface area contributed by atoms with Gasteiger partial charge < -0.3 is 20.1 Å². The molecule has 1 saturated heterocycles. The van der Waals surface area contributed by atoms with Crippen molar-refractivity contribution < 1.29 is 9.47 Å². The van der Waals surface area contributed by atoms with Crippen LogP contribution in [0.2, 0.25) is 0 Å². The highest BCUT2D eigenvalue weighted by Gasteiger charge is 2.21. The first-order valence-electron chi connectivity index (χ1n) is 7.14. The van der Waals surface area contributed by atoms with Crippen LogP contribution in [-0.4, -0.2) is 26.9 Å². The van der Waals surface area contributed by atoms with Gasteiger partial charge in [0, 0.05) is 6.04 Å². The Balaban J connectivity index is 1.70. The van der Waals surface area contributed by atoms with Crippen molar-refractivity contribution in [2.45, 2.75) is 25.3 Å². The lowest BCUT2D eigenvalue weighted by Gasteiger charge is -2.27. The maximum atomic E-state index is 5.46. The summed E-state index contributed by atoms with van der Waals surface area (Å²) < 4.78 is 10.8. The van der Waals surface area contributed by atoms with Crippen LogP contribution in [0, 0.1) is 5.92 Å². The normalized spacial score (nSPS) is 23.3. The lowest BCUT2D eigenvalue weighted by atomic mass is 9.89. The highest BCUT2D eigenvalue weighted by Crippen LogP contribution is 2.35. The molecule has 0 radical (unpaired) electrons. The zero-order chi connectivity index (χ0) is 13.1. The van der Waals surface area contributed by atoms with Crippen molar-refractivity contribution in [1.82, 2.24) is 10.6 Å². The van der Waals surface area contributed by atoms with Gasteiger partial charge in [-0.1, -0.05) is 6.07 Å². The molecular formula is C15H22N2O2. The molecule has 2 unspecified atom stereocenters. The fourth-order valence-electron chi connectivity index (χ4n) is 3.01. The lowest BCUT2D eigenvalue weighted by molar-refractivity contribution is 0.174. The number of hydrogen-bond donors (Lipinski definition) is 2. The van der Waals surface area contributed by atoms with Crippen molar-refractivity contribution in [3.05, 3.63) is 23.8 Å². The van der Waals surface area contributed by atoms with E-state index in [1.165, 1.54) is 31.4 Å². The minimum atomic E-state index is 0.343. The largest absolute Gasteiger partial charge is 0.454 e. The zero-order valence-corrected chi connectivity index (χ0v) is 11.4. The third-order valence-electron chi connectivity index (χ3n) is 4.12. The molecule has 4 heteroatoms. The summed E-state index contributed by atoms with van der Waals surface area (Å²) in [5, 5.41) is 6.92. The highest BCUT2D eigenvalue weighted by molar-refractivity contribution is 5.45. The molecule has 2 atom stereocenters. The van der Waals surface area contributed by atoms with E-state index in [0.29, 0.717) is 12.8 Å². The molecule has 4 nitrogen and oxygen atoms in total. The summed E-state index contributed by atoms with van der Waals surface area (Å²) in [7, 11) is 2.03. The molecule has 0 amide bonds. The molecule has 2 N–H and O–H groups in total. The number of piperidine rings is 1. The number of fused-ring (bicyclic) bond motifs is 1. The third-order valence-corrected chi connectivity index (χ3v) is 4.12. The van der Waals surface area contributed by atoms with Crippen molar-refractivity contribution in [1.29, 1.82) is 0 Å². The van der Waals surface area contributed by atoms with Gasteiger partial charge in [0.15, 0.2) is 11.5 Å². The first-order chi connectivity index (χ1) is 9.36. The Hall–Kier alpha value is -1.26. The summed E-state index contributed by atoms with van der Waals surface area (Å²) in [6, 6.07) is 6.66. The maximum absolute atomic E-state index is 5.46. The molecule has 19 heavy (non-hydrogen) atoms. The van der Waals surface area contributed by atoms with E-state index >= 15 is 0 Å². The van der Waals surface area contributed by atoms with Gasteiger partial charge in [-0.05, 0) is 63.0 Å². The van der Waals surface area contributed by atoms with E-state index in [0.717, 1.165) is 24.0 Å². The number of hydrogen-bond acceptors (Lipinski definition) is 4. The Kier molecular flexibility index (Phi) is 3.89. The van der Waals surface area contributed by atoms with Crippen LogP contribution < -0.4 is 20.1 Å². The topological polar surface area (TPSA) is 42.5 Å². The molecule has 1 aromatic rings. The van der Waals surface area contributed by atoms with Crippen LogP contribution in [0.1, 0.15) is 30.9 Å². The van der Waals surface area contributed by atoms with Crippen molar-refractivity contribution in [3.63, 3.8) is 0 Å². The molecule has 3 rings (SSSR count). The molecular weight excluding hydrogens is 240 g/mol. The van der Waals surface area contributed by atoms with Crippen LogP contribution in [0.25, 0.3) is 0 Å². The van der Waals surface area contributed by atoms with Gasteiger partial charge in [-0.2, -0.15) is 0 Å². The van der Waals surface area contributed by atoms with Crippen LogP contribution in [-0.2, 0) is 0 Å². The van der Waals surface area contributed by atoms with Crippen LogP contribution in [0.15, 0.2) is 18.2 Å². The minimum Gasteiger partial charge on any atom is -0.454 e. The molecule has 2 aliphatic heterocycles. The van der Waals surface area contributed by atoms with Gasteiger partial charge in [-0.3, -0.25) is 0 Å². The molecule has 0 bridgehead atoms. The minimum absolute atomic E-state index is 0.343. The van der Waals surface area contributed by atoms with Crippen LogP contribution in [0.5, 0.6) is 11.5 Å². The summed E-state index contributed by atoms with van der Waals surface area (Å²) in [6.45, 7) is 2.66. The van der Waals surface area contributed by atoms with Crippen LogP contribution in [0.4, 0.5) is 0 Å². The van der Waals surface area contributed by atoms with Crippen molar-refractivity contribution in [3.8, 4) is 11.5 Å². The van der Waals surface area contributed by atoms with E-state index < -0.39 is 0 Å². The van der Waals surface area contributed by atoms with Gasteiger partial charge in [0.2, 0.25) is 6.79 Å². The van der Waals surface area contributed by atoms with Crippen molar-refractivity contribution >= 4 is 0 Å². The van der Waals surface area contributed by atoms with Crippen LogP contribution in [0.3, 0.4) is 0 Å². The molecule has 0 aliphatic carbocycles. The molecule has 0 spiro atoms. The van der Waals surface area contributed by atoms with E-state index in [4.69, 9.17) is 9.47 Å². The predicted molar refractivity (Wildman–Crippen MR) is 74.6 cm³/mol. The predicted octanol–water partition coefficient (Wildman–Crippen LogP) is 2.07. The van der Waals surface area contributed by atoms with Gasteiger partial charge in [-0.15, -0.1) is 0 Å². The molecule has 1 fully saturated rings. The molecule has 0 aromatic heterocycles. The Labute approximate surface area is 114 Å². The second kappa shape index (κ2) is 5.80. The second-order valence-corrected chi connectivity index (χ2v) is 5.40. The summed E-state index contributed by atoms with van der Waals surface area (Å²) in [6.07, 6.45) is 3.79. The Morgan fingerprint density at radius 2 is 2.26 bits per heavy atom. The second-order valence-electron chi connectivity index (χ2n) is 5.40. The van der Waals surface area contributed by atoms with Crippen molar-refractivity contribution in [2.75, 3.05) is 26.9 Å². The molecule has 104 valence electrons. The number of nitrogens with one attached hydrogen (secondary N) is 2. The summed E-state index contributed by atoms with van der Waals surface area (Å²) in [4.78, 5) is 0. The summed E-state index contributed by atoms with van der Waals surface area (Å²) in [5.41, 5.74) is 1.29. The quantitative estimate of drug-likeness (QED) is 0.871. The molecule has 2 heterocycles. The Morgan fingerprint density at radius 3 is 3.05 bits per heavy atom. The first-order valence-corrected chi connectivity index (χ1v) is 7.14. The summed E-state index contributed by atoms with van der Waals surface area (Å²) in [5.74, 6) is 2.49. The summed E-state index contributed by atoms with van der Waals surface area (Å²) >= 11 is 0. The molecule has 1 aromatic carbocycles. The van der Waals surface area contributed by atoms with E-state index in [1.807, 2.05) is 13.1 Å². The number of rotatable bonds is 4. The standard InChI is InChI=1S/C15H22N2O2/c1-16-13(7-11-3-2-6-17-9-11)12-4-5-14-15(8-12)19-10-18-14/h4-5,8,11,13,16-17H,2-3,6-7,9-10H2,1H3. The first kappa shape index (κ1) is 12.8. The lowest BCUT2D eigenvalue weighted by Crippen LogP contribution is -2.32. The van der Waals surface area contributed by atoms with E-state index in [9.17, 15) is 0 Å². The zero-order valence-electron chi connectivity index (χ0n) is 11.4. The average molecular weight is 262 g/mol. The number of ether oxygens (including phenoxy) is 2. The maximum Gasteiger partial charge on any atom is 0.231 e. The van der Waals surface area contributed by atoms with Crippen molar-refractivity contribution in [2.24, 2.45) is 5.92 Å². The fraction of sp³-hybridized carbons (Fsp3) is 0.600. The van der Waals surface area contributed by atoms with E-state index in [2.05, 4.69) is 22.8 Å². The van der Waals surface area contributed by atoms with Gasteiger partial charge in [0.1, 0.15) is 0 Å². The highest BCUT2D eigenvalue weighted by atomic mass is 16.7. The SMILES string of the molecule is CNC(CC1CCCNC1)c1ccc2c(c1)OCO2. The fourth-order valence-corrected chi connectivity index (χ4v) is 3.01. The Bertz CT molecular complexity index is 430. The third kappa shape index (κ3) is 2.85. The smallest absolute Gasteiger partial charge is 0.231 e. The molecule has 2 aliphatic rings. The van der Waals surface area contributed by atoms with E-state index in [1.54, 1.807) is 0 Å². The van der Waals surface area contributed by atoms with Crippen LogP contribution >= 0.6 is 0 Å². The van der Waals surface area contributed by atoms with Gasteiger partial charge in [0.05, 0.1) is 0 Å². The van der Waals surface area contributed by atoms with E-state index in [-0.39, 0.29) is 0 Å². The Morgan fingerprint density at radius 1 is 1.37 bits per heavy atom. The van der Waals surface area contributed by atoms with Gasteiger partial charge in [-0.25, -0.2) is 0 Å². The monoisotopic (exact) mass is 262 g/mol. The number of benzene rings is 1. The molecule has 0 saturated carbocycles. The van der Waals surface area contributed by atoms with Gasteiger partial charge >= 0.3 is 0 Å². The average Bonchev–Trinajstić information content (AvgIpc) is 2.93. The van der Waals surface area contributed by atoms with Gasteiger partial charge in [0.25, 0.3) is 0 Å².